The van der Waals surface area contributed by atoms with Crippen molar-refractivity contribution in [1.82, 2.24) is 9.97 Å². The van der Waals surface area contributed by atoms with E-state index in [1.165, 1.54) is 0 Å². The fourth-order valence-electron chi connectivity index (χ4n) is 2.36. The number of benzene rings is 2. The second-order valence-electron chi connectivity index (χ2n) is 4.90. The summed E-state index contributed by atoms with van der Waals surface area (Å²) in [4.78, 5) is 8.70. The summed E-state index contributed by atoms with van der Waals surface area (Å²) >= 11 is 0. The summed E-state index contributed by atoms with van der Waals surface area (Å²) in [5, 5.41) is 4.21. The summed E-state index contributed by atoms with van der Waals surface area (Å²) in [6, 6.07) is 13.7. The van der Waals surface area contributed by atoms with Crippen molar-refractivity contribution in [2.45, 2.75) is 13.8 Å². The molecule has 1 N–H and O–H groups in total. The van der Waals surface area contributed by atoms with Gasteiger partial charge in [0, 0.05) is 17.1 Å². The van der Waals surface area contributed by atoms with E-state index in [-0.39, 0.29) is 0 Å². The molecule has 0 unspecified atom stereocenters. The van der Waals surface area contributed by atoms with Crippen LogP contribution in [-0.2, 0) is 0 Å². The number of fused-ring (bicyclic) bond motifs is 1. The quantitative estimate of drug-likeness (QED) is 0.740. The Morgan fingerprint density at radius 2 is 1.61 bits per heavy atom. The monoisotopic (exact) mass is 309 g/mol. The molecule has 0 aliphatic rings. The van der Waals surface area contributed by atoms with Crippen molar-refractivity contribution >= 4 is 22.4 Å². The highest BCUT2D eigenvalue weighted by molar-refractivity contribution is 5.93. The third-order valence-electron chi connectivity index (χ3n) is 3.34. The van der Waals surface area contributed by atoms with Crippen molar-refractivity contribution in [2.75, 3.05) is 18.5 Å². The van der Waals surface area contributed by atoms with E-state index >= 15 is 0 Å². The van der Waals surface area contributed by atoms with Gasteiger partial charge in [0.1, 0.15) is 12.1 Å². The third kappa shape index (κ3) is 3.34. The van der Waals surface area contributed by atoms with Gasteiger partial charge in [0.2, 0.25) is 0 Å². The van der Waals surface area contributed by atoms with Gasteiger partial charge in [-0.15, -0.1) is 0 Å². The molecule has 3 aromatic rings. The first-order valence-corrected chi connectivity index (χ1v) is 7.68. The van der Waals surface area contributed by atoms with Crippen LogP contribution in [0.1, 0.15) is 13.8 Å². The maximum Gasteiger partial charge on any atom is 0.163 e. The van der Waals surface area contributed by atoms with Crippen LogP contribution >= 0.6 is 0 Å². The standard InChI is InChI=1S/C18H19N3O2/c1-3-22-16-10-14-15(11-17(16)23-4-2)19-12-20-18(14)21-13-8-6-5-7-9-13/h5-12H,3-4H2,1-2H3,(H,19,20,21). The molecule has 0 bridgehead atoms. The van der Waals surface area contributed by atoms with Gasteiger partial charge in [0.25, 0.3) is 0 Å². The number of rotatable bonds is 6. The Hall–Kier alpha value is -2.82. The van der Waals surface area contributed by atoms with Gasteiger partial charge in [-0.2, -0.15) is 0 Å². The molecule has 1 aromatic heterocycles. The molecular formula is C18H19N3O2. The number of hydrogen-bond donors (Lipinski definition) is 1. The van der Waals surface area contributed by atoms with Gasteiger partial charge < -0.3 is 14.8 Å². The van der Waals surface area contributed by atoms with Gasteiger partial charge in [-0.25, -0.2) is 9.97 Å². The Kier molecular flexibility index (Phi) is 4.57. The van der Waals surface area contributed by atoms with Crippen LogP contribution in [0, 0.1) is 0 Å². The summed E-state index contributed by atoms with van der Waals surface area (Å²) < 4.78 is 11.3. The molecule has 0 radical (unpaired) electrons. The predicted octanol–water partition coefficient (Wildman–Crippen LogP) is 4.17. The summed E-state index contributed by atoms with van der Waals surface area (Å²) in [6.07, 6.45) is 1.55. The van der Waals surface area contributed by atoms with Gasteiger partial charge in [-0.3, -0.25) is 0 Å². The molecule has 0 aliphatic heterocycles. The highest BCUT2D eigenvalue weighted by atomic mass is 16.5. The fourth-order valence-corrected chi connectivity index (χ4v) is 2.36. The first-order valence-electron chi connectivity index (χ1n) is 7.68. The molecule has 23 heavy (non-hydrogen) atoms. The molecule has 5 nitrogen and oxygen atoms in total. The number of nitrogens with one attached hydrogen (secondary N) is 1. The van der Waals surface area contributed by atoms with E-state index < -0.39 is 0 Å². The summed E-state index contributed by atoms with van der Waals surface area (Å²) in [5.74, 6) is 2.14. The van der Waals surface area contributed by atoms with Crippen molar-refractivity contribution in [3.05, 3.63) is 48.8 Å². The highest BCUT2D eigenvalue weighted by Crippen LogP contribution is 2.34. The van der Waals surface area contributed by atoms with Crippen LogP contribution in [0.25, 0.3) is 10.9 Å². The van der Waals surface area contributed by atoms with E-state index in [1.54, 1.807) is 6.33 Å². The lowest BCUT2D eigenvalue weighted by atomic mass is 10.2. The third-order valence-corrected chi connectivity index (χ3v) is 3.34. The zero-order chi connectivity index (χ0) is 16.1. The number of ether oxygens (including phenoxy) is 2. The van der Waals surface area contributed by atoms with E-state index in [0.29, 0.717) is 24.7 Å². The van der Waals surface area contributed by atoms with Crippen LogP contribution in [0.15, 0.2) is 48.8 Å². The number of para-hydroxylation sites is 1. The summed E-state index contributed by atoms with van der Waals surface area (Å²) in [7, 11) is 0. The molecule has 118 valence electrons. The van der Waals surface area contributed by atoms with Crippen molar-refractivity contribution in [2.24, 2.45) is 0 Å². The molecule has 0 aliphatic carbocycles. The molecule has 0 fully saturated rings. The maximum atomic E-state index is 5.69. The molecule has 0 amide bonds. The number of hydrogen-bond acceptors (Lipinski definition) is 5. The second kappa shape index (κ2) is 6.96. The van der Waals surface area contributed by atoms with Crippen LogP contribution in [-0.4, -0.2) is 23.2 Å². The van der Waals surface area contributed by atoms with Crippen LogP contribution < -0.4 is 14.8 Å². The van der Waals surface area contributed by atoms with Crippen molar-refractivity contribution in [3.63, 3.8) is 0 Å². The molecule has 2 aromatic carbocycles. The van der Waals surface area contributed by atoms with Crippen molar-refractivity contribution in [1.29, 1.82) is 0 Å². The van der Waals surface area contributed by atoms with Gasteiger partial charge in [0.05, 0.1) is 18.7 Å². The Labute approximate surface area is 135 Å². The smallest absolute Gasteiger partial charge is 0.163 e. The molecule has 0 spiro atoms. The van der Waals surface area contributed by atoms with Crippen LogP contribution in [0.3, 0.4) is 0 Å². The molecule has 0 saturated heterocycles. The Morgan fingerprint density at radius 1 is 0.913 bits per heavy atom. The lowest BCUT2D eigenvalue weighted by Gasteiger charge is -2.14. The first-order chi connectivity index (χ1) is 11.3. The van der Waals surface area contributed by atoms with E-state index in [9.17, 15) is 0 Å². The average molecular weight is 309 g/mol. The van der Waals surface area contributed by atoms with Crippen LogP contribution in [0.5, 0.6) is 11.5 Å². The normalized spacial score (nSPS) is 10.5. The molecular weight excluding hydrogens is 290 g/mol. The number of nitrogens with zero attached hydrogens (tertiary/aromatic N) is 2. The van der Waals surface area contributed by atoms with Gasteiger partial charge >= 0.3 is 0 Å². The zero-order valence-electron chi connectivity index (χ0n) is 13.2. The minimum absolute atomic E-state index is 0.570. The maximum absolute atomic E-state index is 5.69. The average Bonchev–Trinajstić information content (AvgIpc) is 2.57. The second-order valence-corrected chi connectivity index (χ2v) is 4.90. The number of anilines is 2. The fraction of sp³-hybridized carbons (Fsp3) is 0.222. The molecule has 5 heteroatoms. The largest absolute Gasteiger partial charge is 0.490 e. The zero-order valence-corrected chi connectivity index (χ0v) is 13.2. The van der Waals surface area contributed by atoms with Crippen LogP contribution in [0.2, 0.25) is 0 Å². The van der Waals surface area contributed by atoms with Crippen LogP contribution in [0.4, 0.5) is 11.5 Å². The Balaban J connectivity index is 2.06. The molecule has 0 atom stereocenters. The highest BCUT2D eigenvalue weighted by Gasteiger charge is 2.12. The lowest BCUT2D eigenvalue weighted by molar-refractivity contribution is 0.288. The lowest BCUT2D eigenvalue weighted by Crippen LogP contribution is -2.01. The van der Waals surface area contributed by atoms with Gasteiger partial charge in [-0.05, 0) is 32.0 Å². The SMILES string of the molecule is CCOc1cc2ncnc(Nc3ccccc3)c2cc1OCC. The van der Waals surface area contributed by atoms with Gasteiger partial charge in [0.15, 0.2) is 11.5 Å². The number of aromatic nitrogens is 2. The Morgan fingerprint density at radius 3 is 2.30 bits per heavy atom. The topological polar surface area (TPSA) is 56.3 Å². The molecule has 3 rings (SSSR count). The minimum atomic E-state index is 0.570. The molecule has 1 heterocycles. The van der Waals surface area contributed by atoms with Crippen molar-refractivity contribution < 1.29 is 9.47 Å². The predicted molar refractivity (Wildman–Crippen MR) is 91.6 cm³/mol. The van der Waals surface area contributed by atoms with Gasteiger partial charge in [-0.1, -0.05) is 18.2 Å². The van der Waals surface area contributed by atoms with E-state index in [0.717, 1.165) is 22.4 Å². The Bertz CT molecular complexity index is 791. The minimum Gasteiger partial charge on any atom is -0.490 e. The first kappa shape index (κ1) is 15.1. The summed E-state index contributed by atoms with van der Waals surface area (Å²) in [6.45, 7) is 5.04. The summed E-state index contributed by atoms with van der Waals surface area (Å²) in [5.41, 5.74) is 1.78. The van der Waals surface area contributed by atoms with E-state index in [2.05, 4.69) is 15.3 Å². The van der Waals surface area contributed by atoms with Crippen molar-refractivity contribution in [3.8, 4) is 11.5 Å². The van der Waals surface area contributed by atoms with E-state index in [4.69, 9.17) is 9.47 Å². The van der Waals surface area contributed by atoms with E-state index in [1.807, 2.05) is 56.3 Å². The molecule has 0 saturated carbocycles.